The average molecular weight is 228 g/mol. The largest absolute Gasteiger partial charge is 0.346 e. The second-order valence-electron chi connectivity index (χ2n) is 2.96. The predicted molar refractivity (Wildman–Crippen MR) is 55.0 cm³/mol. The van der Waals surface area contributed by atoms with E-state index in [1.807, 2.05) is 24.3 Å². The first kappa shape index (κ1) is 10.9. The van der Waals surface area contributed by atoms with E-state index in [4.69, 9.17) is 13.8 Å². The average Bonchev–Trinajstić information content (AvgIpc) is 2.80. The van der Waals surface area contributed by atoms with Crippen molar-refractivity contribution in [2.75, 3.05) is 20.3 Å². The number of hydrogen-bond donors (Lipinski definition) is 0. The van der Waals surface area contributed by atoms with Crippen LogP contribution in [-0.2, 0) is 18.7 Å². The summed E-state index contributed by atoms with van der Waals surface area (Å²) < 4.78 is 15.5. The van der Waals surface area contributed by atoms with E-state index < -0.39 is 0 Å². The molecule has 0 unspecified atom stereocenters. The highest BCUT2D eigenvalue weighted by atomic mass is 32.2. The van der Waals surface area contributed by atoms with Gasteiger partial charge in [-0.15, -0.1) is 0 Å². The molecule has 1 heterocycles. The normalized spacial score (nSPS) is 17.1. The van der Waals surface area contributed by atoms with Crippen LogP contribution in [0.4, 0.5) is 0 Å². The predicted octanol–water partition coefficient (Wildman–Crippen LogP) is 2.32. The van der Waals surface area contributed by atoms with Gasteiger partial charge in [0.05, 0.1) is 32.4 Å². The van der Waals surface area contributed by atoms with E-state index in [2.05, 4.69) is 4.89 Å². The van der Waals surface area contributed by atoms with Gasteiger partial charge in [0.2, 0.25) is 0 Å². The number of ether oxygens (including phenoxy) is 2. The summed E-state index contributed by atoms with van der Waals surface area (Å²) >= 11 is 1.17. The molecule has 15 heavy (non-hydrogen) atoms. The van der Waals surface area contributed by atoms with Crippen LogP contribution in [0.3, 0.4) is 0 Å². The molecule has 4 nitrogen and oxygen atoms in total. The summed E-state index contributed by atoms with van der Waals surface area (Å²) in [5.74, 6) is 0. The molecule has 0 amide bonds. The molecule has 82 valence electrons. The summed E-state index contributed by atoms with van der Waals surface area (Å²) in [4.78, 5) is 5.46. The Hall–Kier alpha value is -0.590. The van der Waals surface area contributed by atoms with Gasteiger partial charge in [0.15, 0.2) is 6.29 Å². The quantitative estimate of drug-likeness (QED) is 0.449. The van der Waals surface area contributed by atoms with Crippen LogP contribution in [0.2, 0.25) is 0 Å². The summed E-state index contributed by atoms with van der Waals surface area (Å²) in [6.07, 6.45) is -0.215. The van der Waals surface area contributed by atoms with E-state index >= 15 is 0 Å². The van der Waals surface area contributed by atoms with Crippen molar-refractivity contribution in [1.82, 2.24) is 0 Å². The number of hydrogen-bond acceptors (Lipinski definition) is 5. The first-order valence-corrected chi connectivity index (χ1v) is 5.35. The molecule has 1 aliphatic rings. The van der Waals surface area contributed by atoms with Crippen molar-refractivity contribution < 1.29 is 18.7 Å². The highest BCUT2D eigenvalue weighted by Gasteiger charge is 2.17. The SMILES string of the molecule is COOSc1ccc(C2OCCO2)cc1. The highest BCUT2D eigenvalue weighted by molar-refractivity contribution is 7.94. The van der Waals surface area contributed by atoms with Crippen LogP contribution in [0.25, 0.3) is 0 Å². The van der Waals surface area contributed by atoms with Crippen LogP contribution < -0.4 is 0 Å². The molecule has 1 aromatic rings. The zero-order valence-electron chi connectivity index (χ0n) is 8.34. The third kappa shape index (κ3) is 2.93. The van der Waals surface area contributed by atoms with Gasteiger partial charge in [0.1, 0.15) is 0 Å². The fourth-order valence-corrected chi connectivity index (χ4v) is 1.70. The molecule has 1 saturated heterocycles. The van der Waals surface area contributed by atoms with E-state index in [1.54, 1.807) is 0 Å². The number of rotatable bonds is 4. The zero-order valence-corrected chi connectivity index (χ0v) is 9.16. The van der Waals surface area contributed by atoms with Gasteiger partial charge in [0, 0.05) is 10.5 Å². The van der Waals surface area contributed by atoms with Crippen molar-refractivity contribution in [2.24, 2.45) is 0 Å². The lowest BCUT2D eigenvalue weighted by atomic mass is 10.2. The molecule has 0 radical (unpaired) electrons. The summed E-state index contributed by atoms with van der Waals surface area (Å²) in [6.45, 7) is 1.32. The molecule has 0 N–H and O–H groups in total. The minimum Gasteiger partial charge on any atom is -0.346 e. The smallest absolute Gasteiger partial charge is 0.184 e. The highest BCUT2D eigenvalue weighted by Crippen LogP contribution is 2.26. The maximum absolute atomic E-state index is 5.38. The van der Waals surface area contributed by atoms with Gasteiger partial charge in [-0.3, -0.25) is 0 Å². The summed E-state index contributed by atoms with van der Waals surface area (Å²) in [5.41, 5.74) is 1.02. The molecule has 5 heteroatoms. The van der Waals surface area contributed by atoms with E-state index in [-0.39, 0.29) is 6.29 Å². The monoisotopic (exact) mass is 228 g/mol. The van der Waals surface area contributed by atoms with E-state index in [0.717, 1.165) is 10.5 Å². The lowest BCUT2D eigenvalue weighted by Crippen LogP contribution is -1.97. The first-order chi connectivity index (χ1) is 7.40. The van der Waals surface area contributed by atoms with Crippen LogP contribution in [0, 0.1) is 0 Å². The molecule has 2 rings (SSSR count). The molecule has 0 saturated carbocycles. The minimum absolute atomic E-state index is 0.215. The molecule has 0 atom stereocenters. The molecule has 1 aliphatic heterocycles. The lowest BCUT2D eigenvalue weighted by Gasteiger charge is -2.09. The van der Waals surface area contributed by atoms with Gasteiger partial charge >= 0.3 is 0 Å². The Morgan fingerprint density at radius 1 is 1.20 bits per heavy atom. The summed E-state index contributed by atoms with van der Waals surface area (Å²) in [6, 6.07) is 7.78. The third-order valence-corrected chi connectivity index (χ3v) is 2.64. The molecule has 1 aromatic carbocycles. The van der Waals surface area contributed by atoms with Crippen molar-refractivity contribution in [1.29, 1.82) is 0 Å². The van der Waals surface area contributed by atoms with E-state index in [0.29, 0.717) is 13.2 Å². The Kier molecular flexibility index (Phi) is 3.99. The Morgan fingerprint density at radius 3 is 2.47 bits per heavy atom. The van der Waals surface area contributed by atoms with Gasteiger partial charge < -0.3 is 9.47 Å². The lowest BCUT2D eigenvalue weighted by molar-refractivity contribution is -0.160. The van der Waals surface area contributed by atoms with Crippen molar-refractivity contribution >= 4 is 12.0 Å². The first-order valence-electron chi connectivity index (χ1n) is 4.60. The van der Waals surface area contributed by atoms with Crippen molar-refractivity contribution in [2.45, 2.75) is 11.2 Å². The van der Waals surface area contributed by atoms with Crippen LogP contribution in [-0.4, -0.2) is 20.3 Å². The molecule has 0 bridgehead atoms. The zero-order chi connectivity index (χ0) is 10.5. The van der Waals surface area contributed by atoms with Gasteiger partial charge in [-0.05, 0) is 12.1 Å². The van der Waals surface area contributed by atoms with Gasteiger partial charge in [-0.1, -0.05) is 12.1 Å². The van der Waals surface area contributed by atoms with Crippen molar-refractivity contribution in [3.05, 3.63) is 29.8 Å². The van der Waals surface area contributed by atoms with E-state index in [1.165, 1.54) is 19.2 Å². The minimum atomic E-state index is -0.215. The van der Waals surface area contributed by atoms with Crippen LogP contribution in [0.15, 0.2) is 29.2 Å². The molecular formula is C10H12O4S. The molecule has 1 fully saturated rings. The Bertz CT molecular complexity index is 295. The van der Waals surface area contributed by atoms with Gasteiger partial charge in [-0.2, -0.15) is 4.33 Å². The standard InChI is InChI=1S/C10H12O4S/c1-11-14-15-9-4-2-8(3-5-9)10-12-6-7-13-10/h2-5,10H,6-7H2,1H3. The van der Waals surface area contributed by atoms with E-state index in [9.17, 15) is 0 Å². The van der Waals surface area contributed by atoms with Crippen molar-refractivity contribution in [3.63, 3.8) is 0 Å². The molecular weight excluding hydrogens is 216 g/mol. The van der Waals surface area contributed by atoms with Crippen LogP contribution >= 0.6 is 12.0 Å². The molecule has 0 aliphatic carbocycles. The van der Waals surface area contributed by atoms with Crippen molar-refractivity contribution in [3.8, 4) is 0 Å². The Labute approximate surface area is 92.6 Å². The summed E-state index contributed by atoms with van der Waals surface area (Å²) in [7, 11) is 1.47. The Balaban J connectivity index is 1.96. The topological polar surface area (TPSA) is 36.9 Å². The third-order valence-electron chi connectivity index (χ3n) is 1.97. The van der Waals surface area contributed by atoms with Gasteiger partial charge in [-0.25, -0.2) is 4.89 Å². The summed E-state index contributed by atoms with van der Waals surface area (Å²) in [5, 5.41) is 0. The fraction of sp³-hybridized carbons (Fsp3) is 0.400. The van der Waals surface area contributed by atoms with Crippen LogP contribution in [0.5, 0.6) is 0 Å². The van der Waals surface area contributed by atoms with Crippen LogP contribution in [0.1, 0.15) is 11.9 Å². The fourth-order valence-electron chi connectivity index (χ4n) is 1.30. The number of benzene rings is 1. The molecule has 0 spiro atoms. The second kappa shape index (κ2) is 5.48. The Morgan fingerprint density at radius 2 is 1.87 bits per heavy atom. The maximum Gasteiger partial charge on any atom is 0.184 e. The maximum atomic E-state index is 5.38. The van der Waals surface area contributed by atoms with Gasteiger partial charge in [0.25, 0.3) is 0 Å². The molecule has 0 aromatic heterocycles. The second-order valence-corrected chi connectivity index (χ2v) is 3.73.